The second kappa shape index (κ2) is 5.88. The molecule has 2 rings (SSSR count). The molecule has 9 heteroatoms. The maximum atomic E-state index is 13.3. The summed E-state index contributed by atoms with van der Waals surface area (Å²) in [6.45, 7) is 0. The van der Waals surface area contributed by atoms with E-state index in [0.717, 1.165) is 6.07 Å². The molecule has 0 bridgehead atoms. The van der Waals surface area contributed by atoms with Crippen molar-refractivity contribution in [3.63, 3.8) is 0 Å². The van der Waals surface area contributed by atoms with Gasteiger partial charge in [-0.3, -0.25) is 4.72 Å². The number of hydrogen-bond donors (Lipinski definition) is 2. The fourth-order valence-electron chi connectivity index (χ4n) is 1.53. The molecule has 0 saturated carbocycles. The van der Waals surface area contributed by atoms with E-state index < -0.39 is 15.8 Å². The molecule has 4 nitrogen and oxygen atoms in total. The third-order valence-corrected chi connectivity index (χ3v) is 5.13. The Morgan fingerprint density at radius 2 is 1.67 bits per heavy atom. The van der Waals surface area contributed by atoms with Gasteiger partial charge in [-0.2, -0.15) is 0 Å². The summed E-state index contributed by atoms with van der Waals surface area (Å²) in [5.74, 6) is -0.751. The molecule has 0 unspecified atom stereocenters. The van der Waals surface area contributed by atoms with E-state index in [2.05, 4.69) is 4.72 Å². The lowest BCUT2D eigenvalue weighted by Gasteiger charge is -2.11. The molecule has 0 radical (unpaired) electrons. The summed E-state index contributed by atoms with van der Waals surface area (Å²) >= 11 is 17.2. The summed E-state index contributed by atoms with van der Waals surface area (Å²) < 4.78 is 40.0. The molecule has 0 aliphatic heterocycles. The Bertz CT molecular complexity index is 812. The Hall–Kier alpha value is -1.21. The van der Waals surface area contributed by atoms with E-state index >= 15 is 0 Å². The molecule has 0 spiro atoms. The predicted molar refractivity (Wildman–Crippen MR) is 83.1 cm³/mol. The van der Waals surface area contributed by atoms with Gasteiger partial charge in [-0.15, -0.1) is 0 Å². The molecule has 0 saturated heterocycles. The van der Waals surface area contributed by atoms with Gasteiger partial charge in [-0.1, -0.05) is 34.8 Å². The Morgan fingerprint density at radius 1 is 1.05 bits per heavy atom. The molecule has 3 N–H and O–H groups in total. The van der Waals surface area contributed by atoms with Gasteiger partial charge in [0.05, 0.1) is 26.4 Å². The van der Waals surface area contributed by atoms with Crippen LogP contribution in [0.1, 0.15) is 0 Å². The maximum Gasteiger partial charge on any atom is 0.263 e. The van der Waals surface area contributed by atoms with E-state index in [9.17, 15) is 12.8 Å². The zero-order valence-corrected chi connectivity index (χ0v) is 13.3. The van der Waals surface area contributed by atoms with Crippen molar-refractivity contribution in [1.82, 2.24) is 0 Å². The minimum absolute atomic E-state index is 0.00138. The zero-order valence-electron chi connectivity index (χ0n) is 10.2. The number of benzene rings is 2. The van der Waals surface area contributed by atoms with Crippen molar-refractivity contribution in [1.29, 1.82) is 0 Å². The summed E-state index contributed by atoms with van der Waals surface area (Å²) in [7, 11) is -4.04. The first kappa shape index (κ1) is 16.2. The highest BCUT2D eigenvalue weighted by molar-refractivity contribution is 7.92. The van der Waals surface area contributed by atoms with Crippen LogP contribution in [0.2, 0.25) is 15.1 Å². The number of hydrogen-bond acceptors (Lipinski definition) is 3. The number of halogens is 4. The molecule has 0 heterocycles. The average molecular weight is 370 g/mol. The highest BCUT2D eigenvalue weighted by atomic mass is 35.5. The summed E-state index contributed by atoms with van der Waals surface area (Å²) in [5.41, 5.74) is 5.53. The van der Waals surface area contributed by atoms with Gasteiger partial charge in [0, 0.05) is 0 Å². The van der Waals surface area contributed by atoms with Crippen LogP contribution in [-0.2, 0) is 10.0 Å². The van der Waals surface area contributed by atoms with Crippen LogP contribution >= 0.6 is 34.8 Å². The molecule has 0 fully saturated rings. The SMILES string of the molecule is Nc1c(Cl)ccc(S(=O)(=O)Nc2ccc(Cl)c(F)c2)c1Cl. The van der Waals surface area contributed by atoms with Crippen LogP contribution in [0.5, 0.6) is 0 Å². The lowest BCUT2D eigenvalue weighted by atomic mass is 10.3. The molecule has 0 atom stereocenters. The van der Waals surface area contributed by atoms with Crippen LogP contribution in [0.25, 0.3) is 0 Å². The largest absolute Gasteiger partial charge is 0.396 e. The summed E-state index contributed by atoms with van der Waals surface area (Å²) in [6, 6.07) is 6.01. The van der Waals surface area contributed by atoms with Crippen molar-refractivity contribution in [3.8, 4) is 0 Å². The molecule has 21 heavy (non-hydrogen) atoms. The van der Waals surface area contributed by atoms with Crippen molar-refractivity contribution in [2.75, 3.05) is 10.5 Å². The van der Waals surface area contributed by atoms with Crippen molar-refractivity contribution in [3.05, 3.63) is 51.2 Å². The third-order valence-electron chi connectivity index (χ3n) is 2.55. The van der Waals surface area contributed by atoms with Gasteiger partial charge >= 0.3 is 0 Å². The van der Waals surface area contributed by atoms with Crippen LogP contribution < -0.4 is 10.5 Å². The lowest BCUT2D eigenvalue weighted by Crippen LogP contribution is -2.14. The van der Waals surface area contributed by atoms with Gasteiger partial charge in [-0.25, -0.2) is 12.8 Å². The molecule has 0 aromatic heterocycles. The first-order valence-electron chi connectivity index (χ1n) is 5.43. The van der Waals surface area contributed by atoms with Gasteiger partial charge in [0.15, 0.2) is 0 Å². The normalized spacial score (nSPS) is 11.4. The number of nitrogen functional groups attached to an aromatic ring is 1. The molecular weight excluding hydrogens is 362 g/mol. The van der Waals surface area contributed by atoms with Crippen molar-refractivity contribution < 1.29 is 12.8 Å². The zero-order chi connectivity index (χ0) is 15.8. The Balaban J connectivity index is 2.43. The molecule has 0 amide bonds. The fourth-order valence-corrected chi connectivity index (χ4v) is 3.46. The number of rotatable bonds is 3. The smallest absolute Gasteiger partial charge is 0.263 e. The predicted octanol–water partition coefficient (Wildman–Crippen LogP) is 4.17. The highest BCUT2D eigenvalue weighted by Gasteiger charge is 2.21. The van der Waals surface area contributed by atoms with E-state index in [1.807, 2.05) is 0 Å². The minimum atomic E-state index is -4.04. The van der Waals surface area contributed by atoms with Crippen molar-refractivity contribution in [2.24, 2.45) is 0 Å². The van der Waals surface area contributed by atoms with Crippen molar-refractivity contribution in [2.45, 2.75) is 4.90 Å². The number of nitrogens with one attached hydrogen (secondary N) is 1. The van der Waals surface area contributed by atoms with Crippen LogP contribution in [0.15, 0.2) is 35.2 Å². The van der Waals surface area contributed by atoms with E-state index in [4.69, 9.17) is 40.5 Å². The van der Waals surface area contributed by atoms with E-state index in [1.54, 1.807) is 0 Å². The molecule has 2 aromatic rings. The number of nitrogens with two attached hydrogens (primary N) is 1. The van der Waals surface area contributed by atoms with Gasteiger partial charge in [0.1, 0.15) is 10.7 Å². The minimum Gasteiger partial charge on any atom is -0.396 e. The van der Waals surface area contributed by atoms with Gasteiger partial charge < -0.3 is 5.73 Å². The lowest BCUT2D eigenvalue weighted by molar-refractivity contribution is 0.601. The monoisotopic (exact) mass is 368 g/mol. The number of sulfonamides is 1. The standard InChI is InChI=1S/C12H8Cl3FN2O2S/c13-7-2-1-6(5-9(7)16)18-21(19,20)10-4-3-8(14)12(17)11(10)15/h1-5,18H,17H2. The van der Waals surface area contributed by atoms with Crippen molar-refractivity contribution >= 4 is 56.2 Å². The number of anilines is 2. The first-order chi connectivity index (χ1) is 9.72. The van der Waals surface area contributed by atoms with Crippen LogP contribution in [0.3, 0.4) is 0 Å². The second-order valence-corrected chi connectivity index (χ2v) is 6.85. The molecule has 0 aliphatic rings. The van der Waals surface area contributed by atoms with Crippen LogP contribution in [0, 0.1) is 5.82 Å². The summed E-state index contributed by atoms with van der Waals surface area (Å²) in [4.78, 5) is -0.263. The third kappa shape index (κ3) is 3.35. The highest BCUT2D eigenvalue weighted by Crippen LogP contribution is 2.34. The van der Waals surface area contributed by atoms with E-state index in [0.29, 0.717) is 0 Å². The van der Waals surface area contributed by atoms with Crippen LogP contribution in [0.4, 0.5) is 15.8 Å². The fraction of sp³-hybridized carbons (Fsp3) is 0. The van der Waals surface area contributed by atoms with Crippen LogP contribution in [-0.4, -0.2) is 8.42 Å². The Morgan fingerprint density at radius 3 is 2.29 bits per heavy atom. The van der Waals surface area contributed by atoms with E-state index in [-0.39, 0.29) is 31.3 Å². The summed E-state index contributed by atoms with van der Waals surface area (Å²) in [5, 5.41) is -0.187. The molecule has 112 valence electrons. The maximum absolute atomic E-state index is 13.3. The summed E-state index contributed by atoms with van der Waals surface area (Å²) in [6.07, 6.45) is 0. The van der Waals surface area contributed by atoms with Gasteiger partial charge in [0.25, 0.3) is 10.0 Å². The molecular formula is C12H8Cl3FN2O2S. The first-order valence-corrected chi connectivity index (χ1v) is 8.05. The topological polar surface area (TPSA) is 72.2 Å². The molecule has 0 aliphatic carbocycles. The Labute approximate surface area is 135 Å². The quantitative estimate of drug-likeness (QED) is 0.798. The van der Waals surface area contributed by atoms with Gasteiger partial charge in [-0.05, 0) is 30.3 Å². The van der Waals surface area contributed by atoms with Gasteiger partial charge in [0.2, 0.25) is 0 Å². The Kier molecular flexibility index (Phi) is 4.53. The van der Waals surface area contributed by atoms with E-state index in [1.165, 1.54) is 24.3 Å². The molecule has 2 aromatic carbocycles. The average Bonchev–Trinajstić information content (AvgIpc) is 2.39. The second-order valence-electron chi connectivity index (χ2n) is 4.01.